The number of H-pyrrole nitrogens is 1. The van der Waals surface area contributed by atoms with Gasteiger partial charge in [0.1, 0.15) is 0 Å². The molecule has 1 aromatic heterocycles. The fraction of sp³-hybridized carbons (Fsp3) is 0.286. The number of hydrogen-bond donors (Lipinski definition) is 3. The highest BCUT2D eigenvalue weighted by atomic mass is 16.5. The molecule has 2 aromatic carbocycles. The summed E-state index contributed by atoms with van der Waals surface area (Å²) >= 11 is 0. The molecule has 0 atom stereocenters. The smallest absolute Gasteiger partial charge is 0.315 e. The van der Waals surface area contributed by atoms with E-state index in [-0.39, 0.29) is 6.03 Å². The van der Waals surface area contributed by atoms with E-state index in [0.717, 1.165) is 17.5 Å². The van der Waals surface area contributed by atoms with Crippen LogP contribution in [-0.4, -0.2) is 38.9 Å². The standard InChI is InChI=1S/C21H25N3O4/c1-26-18-10-14(11-19(27-2)20(18)28-3)12-24-21(25)22-9-8-15-13-23-17-7-5-4-6-16(15)17/h4-7,10-11,13,23H,8-9,12H2,1-3H3,(H2,22,24,25). The quantitative estimate of drug-likeness (QED) is 0.558. The molecular formula is C21H25N3O4. The van der Waals surface area contributed by atoms with Crippen LogP contribution in [0.25, 0.3) is 10.9 Å². The fourth-order valence-corrected chi connectivity index (χ4v) is 3.13. The molecule has 3 N–H and O–H groups in total. The Labute approximate surface area is 164 Å². The van der Waals surface area contributed by atoms with Gasteiger partial charge in [0.05, 0.1) is 21.3 Å². The molecule has 3 rings (SSSR count). The predicted molar refractivity (Wildman–Crippen MR) is 108 cm³/mol. The molecule has 0 bridgehead atoms. The normalized spacial score (nSPS) is 10.5. The zero-order valence-corrected chi connectivity index (χ0v) is 16.3. The van der Waals surface area contributed by atoms with Gasteiger partial charge in [0, 0.05) is 30.2 Å². The molecule has 148 valence electrons. The number of rotatable bonds is 8. The van der Waals surface area contributed by atoms with Crippen molar-refractivity contribution in [3.05, 3.63) is 53.7 Å². The number of ether oxygens (including phenoxy) is 3. The van der Waals surface area contributed by atoms with Gasteiger partial charge in [0.15, 0.2) is 11.5 Å². The lowest BCUT2D eigenvalue weighted by Gasteiger charge is -2.14. The second kappa shape index (κ2) is 9.03. The number of carbonyl (C=O) groups excluding carboxylic acids is 1. The van der Waals surface area contributed by atoms with E-state index in [1.54, 1.807) is 21.3 Å². The van der Waals surface area contributed by atoms with Crippen LogP contribution in [0.4, 0.5) is 4.79 Å². The van der Waals surface area contributed by atoms with Crippen molar-refractivity contribution < 1.29 is 19.0 Å². The maximum atomic E-state index is 12.1. The molecule has 0 unspecified atom stereocenters. The van der Waals surface area contributed by atoms with Gasteiger partial charge in [-0.1, -0.05) is 18.2 Å². The van der Waals surface area contributed by atoms with E-state index >= 15 is 0 Å². The zero-order valence-electron chi connectivity index (χ0n) is 16.3. The molecule has 7 nitrogen and oxygen atoms in total. The van der Waals surface area contributed by atoms with E-state index in [1.807, 2.05) is 36.5 Å². The van der Waals surface area contributed by atoms with E-state index in [1.165, 1.54) is 10.9 Å². The van der Waals surface area contributed by atoms with Crippen LogP contribution in [0.1, 0.15) is 11.1 Å². The van der Waals surface area contributed by atoms with Crippen LogP contribution in [0.3, 0.4) is 0 Å². The minimum Gasteiger partial charge on any atom is -0.493 e. The Bertz CT molecular complexity index is 927. The third-order valence-electron chi connectivity index (χ3n) is 4.53. The molecule has 0 saturated heterocycles. The summed E-state index contributed by atoms with van der Waals surface area (Å²) in [5.41, 5.74) is 3.13. The summed E-state index contributed by atoms with van der Waals surface area (Å²) in [6, 6.07) is 11.5. The number of para-hydroxylation sites is 1. The SMILES string of the molecule is COc1cc(CNC(=O)NCCc2c[nH]c3ccccc23)cc(OC)c1OC. The van der Waals surface area contributed by atoms with Crippen molar-refractivity contribution in [2.75, 3.05) is 27.9 Å². The Morgan fingerprint density at radius 1 is 1.00 bits per heavy atom. The summed E-state index contributed by atoms with van der Waals surface area (Å²) in [5, 5.41) is 6.91. The number of aromatic nitrogens is 1. The van der Waals surface area contributed by atoms with Gasteiger partial charge in [-0.15, -0.1) is 0 Å². The highest BCUT2D eigenvalue weighted by Gasteiger charge is 2.13. The summed E-state index contributed by atoms with van der Waals surface area (Å²) in [4.78, 5) is 15.4. The number of aromatic amines is 1. The van der Waals surface area contributed by atoms with Crippen molar-refractivity contribution in [1.29, 1.82) is 0 Å². The largest absolute Gasteiger partial charge is 0.493 e. The van der Waals surface area contributed by atoms with E-state index in [2.05, 4.69) is 21.7 Å². The Morgan fingerprint density at radius 3 is 2.39 bits per heavy atom. The maximum absolute atomic E-state index is 12.1. The van der Waals surface area contributed by atoms with E-state index in [0.29, 0.717) is 30.3 Å². The Hall–Kier alpha value is -3.35. The van der Waals surface area contributed by atoms with Crippen molar-refractivity contribution in [2.24, 2.45) is 0 Å². The first kappa shape index (κ1) is 19.4. The van der Waals surface area contributed by atoms with Gasteiger partial charge < -0.3 is 29.8 Å². The molecule has 0 saturated carbocycles. The summed E-state index contributed by atoms with van der Waals surface area (Å²) < 4.78 is 16.0. The molecule has 7 heteroatoms. The monoisotopic (exact) mass is 383 g/mol. The lowest BCUT2D eigenvalue weighted by atomic mass is 10.1. The molecule has 0 spiro atoms. The lowest BCUT2D eigenvalue weighted by molar-refractivity contribution is 0.240. The number of benzene rings is 2. The molecule has 28 heavy (non-hydrogen) atoms. The van der Waals surface area contributed by atoms with Crippen LogP contribution >= 0.6 is 0 Å². The first-order valence-corrected chi connectivity index (χ1v) is 9.01. The molecule has 0 aliphatic heterocycles. The Kier molecular flexibility index (Phi) is 6.26. The number of methoxy groups -OCH3 is 3. The Morgan fingerprint density at radius 2 is 1.71 bits per heavy atom. The van der Waals surface area contributed by atoms with Gasteiger partial charge in [0.2, 0.25) is 5.75 Å². The number of fused-ring (bicyclic) bond motifs is 1. The highest BCUT2D eigenvalue weighted by molar-refractivity contribution is 5.83. The fourth-order valence-electron chi connectivity index (χ4n) is 3.13. The number of carbonyl (C=O) groups is 1. The van der Waals surface area contributed by atoms with Crippen molar-refractivity contribution in [3.63, 3.8) is 0 Å². The minimum atomic E-state index is -0.228. The second-order valence-electron chi connectivity index (χ2n) is 6.25. The maximum Gasteiger partial charge on any atom is 0.315 e. The van der Waals surface area contributed by atoms with Gasteiger partial charge >= 0.3 is 6.03 Å². The minimum absolute atomic E-state index is 0.228. The average Bonchev–Trinajstić information content (AvgIpc) is 3.14. The summed E-state index contributed by atoms with van der Waals surface area (Å²) in [6.45, 7) is 0.887. The highest BCUT2D eigenvalue weighted by Crippen LogP contribution is 2.38. The van der Waals surface area contributed by atoms with Gasteiger partial charge in [0.25, 0.3) is 0 Å². The number of nitrogens with one attached hydrogen (secondary N) is 3. The van der Waals surface area contributed by atoms with Crippen molar-refractivity contribution >= 4 is 16.9 Å². The molecule has 3 aromatic rings. The average molecular weight is 383 g/mol. The van der Waals surface area contributed by atoms with Crippen LogP contribution < -0.4 is 24.8 Å². The summed E-state index contributed by atoms with van der Waals surface area (Å²) in [5.74, 6) is 1.63. The van der Waals surface area contributed by atoms with Crippen LogP contribution in [-0.2, 0) is 13.0 Å². The van der Waals surface area contributed by atoms with Crippen molar-refractivity contribution in [3.8, 4) is 17.2 Å². The number of urea groups is 1. The molecule has 0 aliphatic carbocycles. The van der Waals surface area contributed by atoms with Crippen LogP contribution in [0, 0.1) is 0 Å². The molecular weight excluding hydrogens is 358 g/mol. The van der Waals surface area contributed by atoms with Gasteiger partial charge in [-0.05, 0) is 35.7 Å². The molecule has 0 radical (unpaired) electrons. The number of amides is 2. The third-order valence-corrected chi connectivity index (χ3v) is 4.53. The van der Waals surface area contributed by atoms with Gasteiger partial charge in [-0.2, -0.15) is 0 Å². The van der Waals surface area contributed by atoms with E-state index in [4.69, 9.17) is 14.2 Å². The first-order valence-electron chi connectivity index (χ1n) is 9.01. The number of hydrogen-bond acceptors (Lipinski definition) is 4. The van der Waals surface area contributed by atoms with E-state index < -0.39 is 0 Å². The Balaban J connectivity index is 1.53. The van der Waals surface area contributed by atoms with Crippen molar-refractivity contribution in [1.82, 2.24) is 15.6 Å². The van der Waals surface area contributed by atoms with Gasteiger partial charge in [-0.25, -0.2) is 4.79 Å². The van der Waals surface area contributed by atoms with Crippen LogP contribution in [0.2, 0.25) is 0 Å². The zero-order chi connectivity index (χ0) is 19.9. The van der Waals surface area contributed by atoms with Crippen LogP contribution in [0.5, 0.6) is 17.2 Å². The second-order valence-corrected chi connectivity index (χ2v) is 6.25. The molecule has 1 heterocycles. The van der Waals surface area contributed by atoms with Crippen LogP contribution in [0.15, 0.2) is 42.6 Å². The molecule has 0 fully saturated rings. The molecule has 0 aliphatic rings. The van der Waals surface area contributed by atoms with Crippen molar-refractivity contribution in [2.45, 2.75) is 13.0 Å². The first-order chi connectivity index (χ1) is 13.7. The lowest BCUT2D eigenvalue weighted by Crippen LogP contribution is -2.36. The predicted octanol–water partition coefficient (Wildman–Crippen LogP) is 3.24. The summed E-state index contributed by atoms with van der Waals surface area (Å²) in [7, 11) is 4.68. The molecule has 2 amide bonds. The van der Waals surface area contributed by atoms with E-state index in [9.17, 15) is 4.79 Å². The van der Waals surface area contributed by atoms with Gasteiger partial charge in [-0.3, -0.25) is 0 Å². The summed E-state index contributed by atoms with van der Waals surface area (Å²) in [6.07, 6.45) is 2.74. The topological polar surface area (TPSA) is 84.6 Å². The third kappa shape index (κ3) is 4.31.